The number of hydrogen-bond acceptors (Lipinski definition) is 0. The maximum absolute atomic E-state index is 2.45. The fourth-order valence-electron chi connectivity index (χ4n) is 2.97. The highest BCUT2D eigenvalue weighted by Crippen LogP contribution is 2.57. The summed E-state index contributed by atoms with van der Waals surface area (Å²) in [6.07, 6.45) is 4.57. The Balaban J connectivity index is 2.08. The van der Waals surface area contributed by atoms with E-state index in [1.165, 1.54) is 6.42 Å². The molecule has 0 radical (unpaired) electrons. The largest absolute Gasteiger partial charge is 0.0651 e. The van der Waals surface area contributed by atoms with Crippen molar-refractivity contribution in [3.05, 3.63) is 0 Å². The van der Waals surface area contributed by atoms with Gasteiger partial charge >= 0.3 is 0 Å². The lowest BCUT2D eigenvalue weighted by atomic mass is 9.82. The van der Waals surface area contributed by atoms with Gasteiger partial charge in [0.15, 0.2) is 0 Å². The molecular formula is C9H16. The summed E-state index contributed by atoms with van der Waals surface area (Å²) in [6, 6.07) is 0. The zero-order chi connectivity index (χ0) is 6.43. The lowest BCUT2D eigenvalue weighted by molar-refractivity contribution is 0.268. The van der Waals surface area contributed by atoms with E-state index in [9.17, 15) is 0 Å². The van der Waals surface area contributed by atoms with Gasteiger partial charge in [-0.2, -0.15) is 0 Å². The Bertz CT molecular complexity index is 111. The van der Waals surface area contributed by atoms with Crippen molar-refractivity contribution in [3.63, 3.8) is 0 Å². The third-order valence-corrected chi connectivity index (χ3v) is 3.71. The SMILES string of the molecule is CC[C@@H]1C2CC(C2)[C@H]1C. The minimum absolute atomic E-state index is 1.07. The van der Waals surface area contributed by atoms with E-state index in [-0.39, 0.29) is 0 Å². The molecule has 0 heteroatoms. The van der Waals surface area contributed by atoms with Gasteiger partial charge in [0.05, 0.1) is 0 Å². The molecule has 0 aromatic carbocycles. The van der Waals surface area contributed by atoms with Crippen LogP contribution in [0.15, 0.2) is 0 Å². The molecule has 9 heavy (non-hydrogen) atoms. The molecule has 0 spiro atoms. The molecule has 3 saturated carbocycles. The average molecular weight is 124 g/mol. The Kier molecular flexibility index (Phi) is 1.12. The van der Waals surface area contributed by atoms with Gasteiger partial charge in [0, 0.05) is 0 Å². The molecule has 0 aromatic rings. The summed E-state index contributed by atoms with van der Waals surface area (Å²) >= 11 is 0. The molecule has 0 saturated heterocycles. The predicted octanol–water partition coefficient (Wildman–Crippen LogP) is 2.69. The van der Waals surface area contributed by atoms with Crippen LogP contribution in [-0.2, 0) is 0 Å². The second kappa shape index (κ2) is 1.74. The van der Waals surface area contributed by atoms with E-state index >= 15 is 0 Å². The molecule has 3 aliphatic carbocycles. The van der Waals surface area contributed by atoms with Gasteiger partial charge in [-0.3, -0.25) is 0 Å². The Morgan fingerprint density at radius 3 is 2.11 bits per heavy atom. The molecule has 0 heterocycles. The van der Waals surface area contributed by atoms with Crippen LogP contribution in [0.3, 0.4) is 0 Å². The third kappa shape index (κ3) is 0.595. The van der Waals surface area contributed by atoms with Crippen LogP contribution in [0, 0.1) is 23.7 Å². The highest BCUT2D eigenvalue weighted by atomic mass is 14.5. The van der Waals surface area contributed by atoms with Gasteiger partial charge in [-0.05, 0) is 36.5 Å². The summed E-state index contributed by atoms with van der Waals surface area (Å²) in [7, 11) is 0. The highest BCUT2D eigenvalue weighted by molar-refractivity contribution is 4.97. The molecule has 0 aliphatic heterocycles. The van der Waals surface area contributed by atoms with Gasteiger partial charge in [-0.25, -0.2) is 0 Å². The lowest BCUT2D eigenvalue weighted by Gasteiger charge is -2.24. The smallest absolute Gasteiger partial charge is 0.0360 e. The molecule has 3 fully saturated rings. The minimum Gasteiger partial charge on any atom is -0.0651 e. The first-order valence-electron chi connectivity index (χ1n) is 4.33. The second-order valence-corrected chi connectivity index (χ2v) is 3.92. The molecule has 0 amide bonds. The van der Waals surface area contributed by atoms with Gasteiger partial charge in [0.2, 0.25) is 0 Å². The van der Waals surface area contributed by atoms with Crippen molar-refractivity contribution in [1.82, 2.24) is 0 Å². The summed E-state index contributed by atoms with van der Waals surface area (Å²) in [6.45, 7) is 4.80. The Labute approximate surface area is 57.6 Å². The van der Waals surface area contributed by atoms with Crippen LogP contribution in [-0.4, -0.2) is 0 Å². The van der Waals surface area contributed by atoms with Crippen molar-refractivity contribution in [3.8, 4) is 0 Å². The molecule has 0 nitrogen and oxygen atoms in total. The van der Waals surface area contributed by atoms with Crippen molar-refractivity contribution in [2.75, 3.05) is 0 Å². The molecule has 52 valence electrons. The van der Waals surface area contributed by atoms with E-state index in [4.69, 9.17) is 0 Å². The fourth-order valence-corrected chi connectivity index (χ4v) is 2.97. The van der Waals surface area contributed by atoms with E-state index in [1.54, 1.807) is 12.8 Å². The van der Waals surface area contributed by atoms with Crippen LogP contribution in [0.5, 0.6) is 0 Å². The van der Waals surface area contributed by atoms with Gasteiger partial charge < -0.3 is 0 Å². The number of rotatable bonds is 1. The normalized spacial score (nSPS) is 55.3. The van der Waals surface area contributed by atoms with E-state index in [0.717, 1.165) is 23.7 Å². The van der Waals surface area contributed by atoms with Crippen molar-refractivity contribution < 1.29 is 0 Å². The molecular weight excluding hydrogens is 108 g/mol. The van der Waals surface area contributed by atoms with E-state index in [2.05, 4.69) is 13.8 Å². The minimum atomic E-state index is 1.07. The van der Waals surface area contributed by atoms with Crippen LogP contribution in [0.25, 0.3) is 0 Å². The van der Waals surface area contributed by atoms with Crippen LogP contribution in [0.4, 0.5) is 0 Å². The number of hydrogen-bond donors (Lipinski definition) is 0. The van der Waals surface area contributed by atoms with Crippen LogP contribution in [0.1, 0.15) is 33.1 Å². The van der Waals surface area contributed by atoms with E-state index in [1.807, 2.05) is 0 Å². The quantitative estimate of drug-likeness (QED) is 0.504. The Morgan fingerprint density at radius 2 is 1.89 bits per heavy atom. The Morgan fingerprint density at radius 1 is 1.22 bits per heavy atom. The summed E-state index contributed by atoms with van der Waals surface area (Å²) in [4.78, 5) is 0. The van der Waals surface area contributed by atoms with E-state index < -0.39 is 0 Å². The van der Waals surface area contributed by atoms with E-state index in [0.29, 0.717) is 0 Å². The summed E-state index contributed by atoms with van der Waals surface area (Å²) < 4.78 is 0. The van der Waals surface area contributed by atoms with Gasteiger partial charge in [0.1, 0.15) is 0 Å². The fraction of sp³-hybridized carbons (Fsp3) is 1.00. The first-order valence-corrected chi connectivity index (χ1v) is 4.33. The standard InChI is InChI=1S/C9H16/c1-3-9-6(2)7-4-8(9)5-7/h6-9H,3-5H2,1-2H3/t6-,7?,8?,9+/m1/s1. The maximum Gasteiger partial charge on any atom is -0.0360 e. The molecule has 3 rings (SSSR count). The molecule has 2 bridgehead atoms. The van der Waals surface area contributed by atoms with Crippen LogP contribution in [0.2, 0.25) is 0 Å². The molecule has 2 atom stereocenters. The summed E-state index contributed by atoms with van der Waals surface area (Å²) in [5, 5.41) is 0. The zero-order valence-corrected chi connectivity index (χ0v) is 6.43. The van der Waals surface area contributed by atoms with Crippen molar-refractivity contribution in [2.45, 2.75) is 33.1 Å². The molecule has 0 N–H and O–H groups in total. The molecule has 0 unspecified atom stereocenters. The molecule has 0 aromatic heterocycles. The lowest BCUT2D eigenvalue weighted by Crippen LogP contribution is -2.13. The molecule has 3 aliphatic rings. The van der Waals surface area contributed by atoms with Crippen molar-refractivity contribution in [2.24, 2.45) is 23.7 Å². The monoisotopic (exact) mass is 124 g/mol. The van der Waals surface area contributed by atoms with Crippen molar-refractivity contribution >= 4 is 0 Å². The highest BCUT2D eigenvalue weighted by Gasteiger charge is 2.48. The summed E-state index contributed by atoms with van der Waals surface area (Å²) in [5.41, 5.74) is 0. The second-order valence-electron chi connectivity index (χ2n) is 3.92. The van der Waals surface area contributed by atoms with Crippen LogP contribution < -0.4 is 0 Å². The van der Waals surface area contributed by atoms with Gasteiger partial charge in [0.25, 0.3) is 0 Å². The van der Waals surface area contributed by atoms with Crippen molar-refractivity contribution in [1.29, 1.82) is 0 Å². The maximum atomic E-state index is 2.45. The Hall–Kier alpha value is 0. The van der Waals surface area contributed by atoms with Crippen LogP contribution >= 0.6 is 0 Å². The number of fused-ring (bicyclic) bond motifs is 1. The first-order chi connectivity index (χ1) is 4.33. The summed E-state index contributed by atoms with van der Waals surface area (Å²) in [5.74, 6) is 4.46. The average Bonchev–Trinajstić information content (AvgIpc) is 2.15. The van der Waals surface area contributed by atoms with Gasteiger partial charge in [-0.15, -0.1) is 0 Å². The topological polar surface area (TPSA) is 0 Å². The zero-order valence-electron chi connectivity index (χ0n) is 6.43. The predicted molar refractivity (Wildman–Crippen MR) is 39.2 cm³/mol. The van der Waals surface area contributed by atoms with Gasteiger partial charge in [-0.1, -0.05) is 20.3 Å². The third-order valence-electron chi connectivity index (χ3n) is 3.71. The first kappa shape index (κ1) is 5.76.